The maximum atomic E-state index is 13.5. The van der Waals surface area contributed by atoms with Gasteiger partial charge in [0.2, 0.25) is 0 Å². The first-order valence-electron chi connectivity index (χ1n) is 11.2. The Morgan fingerprint density at radius 3 is 2.71 bits per heavy atom. The average Bonchev–Trinajstić information content (AvgIpc) is 3.58. The first-order valence-corrected chi connectivity index (χ1v) is 13.1. The SMILES string of the molecule is Cc1nn([C@@H]2CCS(=O)(=O)C2)c2nc(-c3ccco3)cc(C(=O)Nc3ccc4c(c3)OCCO4)c12. The zero-order chi connectivity index (χ0) is 24.2. The van der Waals surface area contributed by atoms with Gasteiger partial charge in [0.15, 0.2) is 32.7 Å². The van der Waals surface area contributed by atoms with Crippen molar-refractivity contribution in [3.63, 3.8) is 0 Å². The molecule has 3 aromatic heterocycles. The van der Waals surface area contributed by atoms with Gasteiger partial charge < -0.3 is 19.2 Å². The molecule has 0 spiro atoms. The van der Waals surface area contributed by atoms with E-state index in [9.17, 15) is 13.2 Å². The highest BCUT2D eigenvalue weighted by Gasteiger charge is 2.32. The van der Waals surface area contributed by atoms with Crippen molar-refractivity contribution in [2.24, 2.45) is 0 Å². The fraction of sp³-hybridized carbons (Fsp3) is 0.292. The number of nitrogens with one attached hydrogen (secondary N) is 1. The molecular formula is C24H22N4O6S. The molecule has 1 amide bonds. The number of rotatable bonds is 4. The van der Waals surface area contributed by atoms with Gasteiger partial charge in [-0.2, -0.15) is 5.10 Å². The van der Waals surface area contributed by atoms with Crippen LogP contribution in [0.15, 0.2) is 47.1 Å². The average molecular weight is 495 g/mol. The number of carbonyl (C=O) groups is 1. The van der Waals surface area contributed by atoms with Crippen LogP contribution in [0.4, 0.5) is 5.69 Å². The quantitative estimate of drug-likeness (QED) is 0.458. The van der Waals surface area contributed by atoms with Gasteiger partial charge in [-0.15, -0.1) is 0 Å². The number of fused-ring (bicyclic) bond motifs is 2. The molecule has 1 aromatic carbocycles. The van der Waals surface area contributed by atoms with Gasteiger partial charge in [0.25, 0.3) is 5.91 Å². The Morgan fingerprint density at radius 1 is 1.14 bits per heavy atom. The van der Waals surface area contributed by atoms with Gasteiger partial charge in [-0.3, -0.25) is 4.79 Å². The highest BCUT2D eigenvalue weighted by Crippen LogP contribution is 2.35. The van der Waals surface area contributed by atoms with Crippen LogP contribution in [0.3, 0.4) is 0 Å². The second-order valence-corrected chi connectivity index (χ2v) is 10.9. The molecular weight excluding hydrogens is 472 g/mol. The van der Waals surface area contributed by atoms with Gasteiger partial charge in [-0.25, -0.2) is 18.1 Å². The van der Waals surface area contributed by atoms with E-state index in [1.54, 1.807) is 48.0 Å². The van der Waals surface area contributed by atoms with Crippen molar-refractivity contribution in [2.45, 2.75) is 19.4 Å². The highest BCUT2D eigenvalue weighted by atomic mass is 32.2. The molecule has 10 nitrogen and oxygen atoms in total. The maximum Gasteiger partial charge on any atom is 0.256 e. The number of aromatic nitrogens is 3. The van der Waals surface area contributed by atoms with Gasteiger partial charge >= 0.3 is 0 Å². The summed E-state index contributed by atoms with van der Waals surface area (Å²) in [6.45, 7) is 2.71. The second kappa shape index (κ2) is 8.12. The molecule has 180 valence electrons. The number of furan rings is 1. The topological polar surface area (TPSA) is 126 Å². The standard InChI is InChI=1S/C24H22N4O6S/c1-14-22-17(24(29)25-15-4-5-20-21(11-15)34-9-8-33-20)12-18(19-3-2-7-32-19)26-23(22)28(27-14)16-6-10-35(30,31)13-16/h2-5,7,11-12,16H,6,8-10,13H2,1H3,(H,25,29)/t16-/m1/s1. The highest BCUT2D eigenvalue weighted by molar-refractivity contribution is 7.91. The number of amides is 1. The molecule has 1 fully saturated rings. The molecule has 0 saturated carbocycles. The predicted molar refractivity (Wildman–Crippen MR) is 128 cm³/mol. The summed E-state index contributed by atoms with van der Waals surface area (Å²) < 4.78 is 42.6. The molecule has 0 bridgehead atoms. The molecule has 11 heteroatoms. The number of benzene rings is 1. The number of hydrogen-bond acceptors (Lipinski definition) is 8. The van der Waals surface area contributed by atoms with E-state index in [2.05, 4.69) is 10.4 Å². The minimum Gasteiger partial charge on any atom is -0.486 e. The van der Waals surface area contributed by atoms with Gasteiger partial charge in [-0.1, -0.05) is 0 Å². The summed E-state index contributed by atoms with van der Waals surface area (Å²) in [5.41, 5.74) is 2.41. The molecule has 35 heavy (non-hydrogen) atoms. The zero-order valence-electron chi connectivity index (χ0n) is 18.9. The van der Waals surface area contributed by atoms with Crippen LogP contribution in [-0.4, -0.2) is 53.8 Å². The van der Waals surface area contributed by atoms with Gasteiger partial charge in [0.05, 0.1) is 40.5 Å². The number of hydrogen-bond donors (Lipinski definition) is 1. The Morgan fingerprint density at radius 2 is 1.97 bits per heavy atom. The van der Waals surface area contributed by atoms with Gasteiger partial charge in [0, 0.05) is 11.8 Å². The van der Waals surface area contributed by atoms with Crippen molar-refractivity contribution in [3.05, 3.63) is 53.9 Å². The molecule has 0 radical (unpaired) electrons. The number of sulfone groups is 1. The van der Waals surface area contributed by atoms with E-state index < -0.39 is 9.84 Å². The van der Waals surface area contributed by atoms with Crippen LogP contribution in [0, 0.1) is 6.92 Å². The minimum absolute atomic E-state index is 0.00535. The first-order chi connectivity index (χ1) is 16.9. The number of carbonyl (C=O) groups excluding carboxylic acids is 1. The lowest BCUT2D eigenvalue weighted by Crippen LogP contribution is -2.17. The van der Waals surface area contributed by atoms with Gasteiger partial charge in [0.1, 0.15) is 18.9 Å². The normalized spacial score (nSPS) is 18.6. The summed E-state index contributed by atoms with van der Waals surface area (Å²) >= 11 is 0. The molecule has 1 saturated heterocycles. The van der Waals surface area contributed by atoms with E-state index in [0.29, 0.717) is 70.6 Å². The second-order valence-electron chi connectivity index (χ2n) is 8.63. The number of nitrogens with zero attached hydrogens (tertiary/aromatic N) is 3. The van der Waals surface area contributed by atoms with Crippen LogP contribution in [0.2, 0.25) is 0 Å². The number of anilines is 1. The Labute approximate surface area is 200 Å². The van der Waals surface area contributed by atoms with E-state index in [1.165, 1.54) is 6.26 Å². The van der Waals surface area contributed by atoms with Crippen LogP contribution in [-0.2, 0) is 9.84 Å². The van der Waals surface area contributed by atoms with Crippen molar-refractivity contribution in [1.29, 1.82) is 0 Å². The third-order valence-electron chi connectivity index (χ3n) is 6.21. The molecule has 1 atom stereocenters. The summed E-state index contributed by atoms with van der Waals surface area (Å²) in [6, 6.07) is 10.0. The van der Waals surface area contributed by atoms with Crippen molar-refractivity contribution in [3.8, 4) is 23.0 Å². The smallest absolute Gasteiger partial charge is 0.256 e. The van der Waals surface area contributed by atoms with Crippen LogP contribution >= 0.6 is 0 Å². The van der Waals surface area contributed by atoms with Crippen LogP contribution in [0.25, 0.3) is 22.5 Å². The van der Waals surface area contributed by atoms with E-state index in [-0.39, 0.29) is 23.5 Å². The fourth-order valence-corrected chi connectivity index (χ4v) is 6.28. The molecule has 0 unspecified atom stereocenters. The van der Waals surface area contributed by atoms with E-state index in [0.717, 1.165) is 0 Å². The Hall–Kier alpha value is -3.86. The number of ether oxygens (including phenoxy) is 2. The summed E-state index contributed by atoms with van der Waals surface area (Å²) in [5.74, 6) is 1.43. The lowest BCUT2D eigenvalue weighted by molar-refractivity contribution is 0.102. The molecule has 5 heterocycles. The fourth-order valence-electron chi connectivity index (χ4n) is 4.59. The van der Waals surface area contributed by atoms with E-state index in [4.69, 9.17) is 18.9 Å². The zero-order valence-corrected chi connectivity index (χ0v) is 19.7. The van der Waals surface area contributed by atoms with Crippen LogP contribution in [0.1, 0.15) is 28.5 Å². The van der Waals surface area contributed by atoms with Gasteiger partial charge in [-0.05, 0) is 43.7 Å². The number of aryl methyl sites for hydroxylation is 1. The Bertz CT molecular complexity index is 1560. The van der Waals surface area contributed by atoms with Crippen molar-refractivity contribution in [1.82, 2.24) is 14.8 Å². The molecule has 2 aliphatic rings. The lowest BCUT2D eigenvalue weighted by Gasteiger charge is -2.19. The Balaban J connectivity index is 1.45. The molecule has 1 N–H and O–H groups in total. The third kappa shape index (κ3) is 3.91. The maximum absolute atomic E-state index is 13.5. The summed E-state index contributed by atoms with van der Waals surface area (Å²) in [7, 11) is -3.14. The van der Waals surface area contributed by atoms with E-state index in [1.807, 2.05) is 0 Å². The summed E-state index contributed by atoms with van der Waals surface area (Å²) in [5, 5.41) is 8.11. The summed E-state index contributed by atoms with van der Waals surface area (Å²) in [4.78, 5) is 18.3. The van der Waals surface area contributed by atoms with E-state index >= 15 is 0 Å². The molecule has 6 rings (SSSR count). The van der Waals surface area contributed by atoms with Crippen molar-refractivity contribution < 1.29 is 27.1 Å². The minimum atomic E-state index is -3.14. The first kappa shape index (κ1) is 21.7. The van der Waals surface area contributed by atoms with Crippen molar-refractivity contribution >= 4 is 32.5 Å². The lowest BCUT2D eigenvalue weighted by atomic mass is 10.1. The summed E-state index contributed by atoms with van der Waals surface area (Å²) in [6.07, 6.45) is 1.98. The molecule has 2 aliphatic heterocycles. The van der Waals surface area contributed by atoms with Crippen LogP contribution in [0.5, 0.6) is 11.5 Å². The third-order valence-corrected chi connectivity index (χ3v) is 7.96. The predicted octanol–water partition coefficient (Wildman–Crippen LogP) is 3.38. The number of pyridine rings is 1. The Kier molecular flexibility index (Phi) is 5.03. The monoisotopic (exact) mass is 494 g/mol. The largest absolute Gasteiger partial charge is 0.486 e. The molecule has 0 aliphatic carbocycles. The van der Waals surface area contributed by atoms with Crippen LogP contribution < -0.4 is 14.8 Å². The van der Waals surface area contributed by atoms with Crippen molar-refractivity contribution in [2.75, 3.05) is 30.0 Å². The molecule has 4 aromatic rings.